The van der Waals surface area contributed by atoms with Crippen LogP contribution in [0.1, 0.15) is 37.8 Å². The molecule has 0 unspecified atom stereocenters. The smallest absolute Gasteiger partial charge is 0.241 e. The van der Waals surface area contributed by atoms with Gasteiger partial charge in [-0.15, -0.1) is 24.0 Å². The van der Waals surface area contributed by atoms with Gasteiger partial charge >= 0.3 is 0 Å². The van der Waals surface area contributed by atoms with Crippen molar-refractivity contribution in [1.82, 2.24) is 15.5 Å². The second-order valence-electron chi connectivity index (χ2n) is 6.71. The van der Waals surface area contributed by atoms with Gasteiger partial charge in [-0.3, -0.25) is 4.79 Å². The summed E-state index contributed by atoms with van der Waals surface area (Å²) in [6.07, 6.45) is 2.21. The SMILES string of the molecule is CCNC(=NCc1cccc(COCCOCC)c1)NCC(=O)N1CCCC1.I. The van der Waals surface area contributed by atoms with Crippen LogP contribution in [-0.2, 0) is 27.4 Å². The molecule has 1 aromatic carbocycles. The summed E-state index contributed by atoms with van der Waals surface area (Å²) in [5.74, 6) is 0.794. The normalized spacial score (nSPS) is 13.9. The molecule has 2 N–H and O–H groups in total. The lowest BCUT2D eigenvalue weighted by atomic mass is 10.1. The fraction of sp³-hybridized carbons (Fsp3) is 0.619. The topological polar surface area (TPSA) is 75.2 Å². The minimum atomic E-state index is 0. The summed E-state index contributed by atoms with van der Waals surface area (Å²) < 4.78 is 10.9. The van der Waals surface area contributed by atoms with Crippen molar-refractivity contribution in [2.45, 2.75) is 39.8 Å². The van der Waals surface area contributed by atoms with E-state index in [1.807, 2.05) is 36.9 Å². The number of benzene rings is 1. The molecule has 1 amide bonds. The maximum absolute atomic E-state index is 12.2. The highest BCUT2D eigenvalue weighted by atomic mass is 127. The summed E-state index contributed by atoms with van der Waals surface area (Å²) in [4.78, 5) is 18.7. The molecule has 0 atom stereocenters. The zero-order valence-corrected chi connectivity index (χ0v) is 19.9. The molecule has 0 spiro atoms. The summed E-state index contributed by atoms with van der Waals surface area (Å²) in [5.41, 5.74) is 2.22. The predicted octanol–water partition coefficient (Wildman–Crippen LogP) is 2.54. The Labute approximate surface area is 191 Å². The zero-order chi connectivity index (χ0) is 20.0. The Morgan fingerprint density at radius 2 is 1.83 bits per heavy atom. The highest BCUT2D eigenvalue weighted by molar-refractivity contribution is 14.0. The molecule has 1 fully saturated rings. The molecule has 1 aliphatic rings. The fourth-order valence-corrected chi connectivity index (χ4v) is 3.02. The number of guanidine groups is 1. The quantitative estimate of drug-likeness (QED) is 0.204. The van der Waals surface area contributed by atoms with Crippen LogP contribution in [-0.4, -0.2) is 62.8 Å². The summed E-state index contributed by atoms with van der Waals surface area (Å²) >= 11 is 0. The van der Waals surface area contributed by atoms with Crippen molar-refractivity contribution >= 4 is 35.8 Å². The van der Waals surface area contributed by atoms with E-state index in [0.29, 0.717) is 38.9 Å². The molecule has 2 rings (SSSR count). The first-order valence-electron chi connectivity index (χ1n) is 10.3. The zero-order valence-electron chi connectivity index (χ0n) is 17.6. The van der Waals surface area contributed by atoms with Crippen LogP contribution in [0.4, 0.5) is 0 Å². The Bertz CT molecular complexity index is 622. The first-order valence-corrected chi connectivity index (χ1v) is 10.3. The molecule has 0 bridgehead atoms. The standard InChI is InChI=1S/C21H34N4O3.HI/c1-3-22-21(24-16-20(26)25-10-5-6-11-25)23-15-18-8-7-9-19(14-18)17-28-13-12-27-4-2;/h7-9,14H,3-6,10-13,15-17H2,1-2H3,(H2,22,23,24);1H. The number of likely N-dealkylation sites (tertiary alicyclic amines) is 1. The molecule has 0 radical (unpaired) electrons. The number of rotatable bonds is 11. The monoisotopic (exact) mass is 518 g/mol. The molecule has 1 heterocycles. The van der Waals surface area contributed by atoms with Gasteiger partial charge in [0, 0.05) is 26.2 Å². The summed E-state index contributed by atoms with van der Waals surface area (Å²) in [6.45, 7) is 9.78. The number of carbonyl (C=O) groups is 1. The average molecular weight is 518 g/mol. The third kappa shape index (κ3) is 10.3. The fourth-order valence-electron chi connectivity index (χ4n) is 3.02. The summed E-state index contributed by atoms with van der Waals surface area (Å²) in [7, 11) is 0. The van der Waals surface area contributed by atoms with Gasteiger partial charge in [0.2, 0.25) is 5.91 Å². The van der Waals surface area contributed by atoms with Gasteiger partial charge in [-0.25, -0.2) is 4.99 Å². The first kappa shape index (κ1) is 25.6. The Morgan fingerprint density at radius 1 is 1.10 bits per heavy atom. The third-order valence-electron chi connectivity index (χ3n) is 4.47. The molecule has 0 saturated carbocycles. The van der Waals surface area contributed by atoms with Crippen LogP contribution >= 0.6 is 24.0 Å². The number of ether oxygens (including phenoxy) is 2. The number of amides is 1. The van der Waals surface area contributed by atoms with Gasteiger partial charge in [0.05, 0.1) is 32.9 Å². The highest BCUT2D eigenvalue weighted by Crippen LogP contribution is 2.08. The van der Waals surface area contributed by atoms with Crippen molar-refractivity contribution < 1.29 is 14.3 Å². The number of hydrogen-bond acceptors (Lipinski definition) is 4. The van der Waals surface area contributed by atoms with Gasteiger partial charge in [0.15, 0.2) is 5.96 Å². The van der Waals surface area contributed by atoms with Crippen LogP contribution in [0.2, 0.25) is 0 Å². The predicted molar refractivity (Wildman–Crippen MR) is 127 cm³/mol. The molecule has 29 heavy (non-hydrogen) atoms. The van der Waals surface area contributed by atoms with Crippen LogP contribution in [0.15, 0.2) is 29.3 Å². The second-order valence-corrected chi connectivity index (χ2v) is 6.71. The van der Waals surface area contributed by atoms with Gasteiger partial charge < -0.3 is 25.0 Å². The maximum Gasteiger partial charge on any atom is 0.241 e. The minimum Gasteiger partial charge on any atom is -0.379 e. The van der Waals surface area contributed by atoms with Gasteiger partial charge in [-0.1, -0.05) is 24.3 Å². The van der Waals surface area contributed by atoms with E-state index in [9.17, 15) is 4.79 Å². The van der Waals surface area contributed by atoms with Crippen molar-refractivity contribution in [2.75, 3.05) is 46.0 Å². The van der Waals surface area contributed by atoms with Crippen molar-refractivity contribution in [3.8, 4) is 0 Å². The van der Waals surface area contributed by atoms with Crippen molar-refractivity contribution in [2.24, 2.45) is 4.99 Å². The maximum atomic E-state index is 12.2. The molecule has 164 valence electrons. The Kier molecular flexibility index (Phi) is 13.7. The van der Waals surface area contributed by atoms with Gasteiger partial charge in [-0.2, -0.15) is 0 Å². The number of nitrogens with one attached hydrogen (secondary N) is 2. The van der Waals surface area contributed by atoms with Crippen LogP contribution in [0.25, 0.3) is 0 Å². The second kappa shape index (κ2) is 15.4. The van der Waals surface area contributed by atoms with Gasteiger partial charge in [0.25, 0.3) is 0 Å². The molecule has 7 nitrogen and oxygen atoms in total. The van der Waals surface area contributed by atoms with Crippen LogP contribution < -0.4 is 10.6 Å². The Balaban J connectivity index is 0.00000420. The van der Waals surface area contributed by atoms with E-state index >= 15 is 0 Å². The molecule has 0 aromatic heterocycles. The molecular formula is C21H35IN4O3. The molecule has 1 saturated heterocycles. The number of aliphatic imine (C=N–C) groups is 1. The molecule has 0 aliphatic carbocycles. The van der Waals surface area contributed by atoms with E-state index in [1.54, 1.807) is 0 Å². The summed E-state index contributed by atoms with van der Waals surface area (Å²) in [6, 6.07) is 8.21. The number of carbonyl (C=O) groups excluding carboxylic acids is 1. The van der Waals surface area contributed by atoms with Gasteiger partial charge in [0.1, 0.15) is 0 Å². The lowest BCUT2D eigenvalue weighted by molar-refractivity contribution is -0.128. The lowest BCUT2D eigenvalue weighted by Crippen LogP contribution is -2.44. The number of halogens is 1. The average Bonchev–Trinajstić information content (AvgIpc) is 3.25. The number of hydrogen-bond donors (Lipinski definition) is 2. The van der Waals surface area contributed by atoms with E-state index in [1.165, 1.54) is 0 Å². The first-order chi connectivity index (χ1) is 13.7. The largest absolute Gasteiger partial charge is 0.379 e. The van der Waals surface area contributed by atoms with Crippen LogP contribution in [0.3, 0.4) is 0 Å². The molecule has 8 heteroatoms. The van der Waals surface area contributed by atoms with E-state index < -0.39 is 0 Å². The van der Waals surface area contributed by atoms with Crippen molar-refractivity contribution in [1.29, 1.82) is 0 Å². The van der Waals surface area contributed by atoms with E-state index in [-0.39, 0.29) is 36.4 Å². The molecular weight excluding hydrogens is 483 g/mol. The van der Waals surface area contributed by atoms with E-state index in [0.717, 1.165) is 43.6 Å². The molecule has 1 aliphatic heterocycles. The summed E-state index contributed by atoms with van der Waals surface area (Å²) in [5, 5.41) is 6.34. The Morgan fingerprint density at radius 3 is 2.55 bits per heavy atom. The van der Waals surface area contributed by atoms with E-state index in [4.69, 9.17) is 9.47 Å². The van der Waals surface area contributed by atoms with E-state index in [2.05, 4.69) is 21.7 Å². The highest BCUT2D eigenvalue weighted by Gasteiger charge is 2.17. The third-order valence-corrected chi connectivity index (χ3v) is 4.47. The number of nitrogens with zero attached hydrogens (tertiary/aromatic N) is 2. The Hall–Kier alpha value is -1.39. The lowest BCUT2D eigenvalue weighted by Gasteiger charge is -2.17. The van der Waals surface area contributed by atoms with Crippen LogP contribution in [0.5, 0.6) is 0 Å². The van der Waals surface area contributed by atoms with Gasteiger partial charge in [-0.05, 0) is 37.8 Å². The van der Waals surface area contributed by atoms with Crippen molar-refractivity contribution in [3.63, 3.8) is 0 Å². The minimum absolute atomic E-state index is 0. The molecule has 1 aromatic rings. The van der Waals surface area contributed by atoms with Crippen molar-refractivity contribution in [3.05, 3.63) is 35.4 Å². The van der Waals surface area contributed by atoms with Crippen LogP contribution in [0, 0.1) is 0 Å².